The molecular formula is C26H31F3N6O. The number of hydrogen-bond acceptors (Lipinski definition) is 7. The molecule has 4 saturated carbocycles. The van der Waals surface area contributed by atoms with Gasteiger partial charge in [-0.2, -0.15) is 13.2 Å². The number of pyridine rings is 1. The summed E-state index contributed by atoms with van der Waals surface area (Å²) >= 11 is 0. The van der Waals surface area contributed by atoms with E-state index < -0.39 is 17.0 Å². The monoisotopic (exact) mass is 500 g/mol. The highest BCUT2D eigenvalue weighted by Crippen LogP contribution is 2.78. The average Bonchev–Trinajstić information content (AvgIpc) is 3.56. The lowest BCUT2D eigenvalue weighted by Crippen LogP contribution is -2.70. The largest absolute Gasteiger partial charge is 0.404 e. The first-order chi connectivity index (χ1) is 17.0. The Morgan fingerprint density at radius 1 is 1.14 bits per heavy atom. The van der Waals surface area contributed by atoms with E-state index in [-0.39, 0.29) is 31.5 Å². The minimum absolute atomic E-state index is 0.0729. The van der Waals surface area contributed by atoms with Gasteiger partial charge in [-0.05, 0) is 52.9 Å². The highest BCUT2D eigenvalue weighted by Gasteiger charge is 2.79. The van der Waals surface area contributed by atoms with Crippen molar-refractivity contribution in [1.29, 1.82) is 0 Å². The molecule has 5 fully saturated rings. The summed E-state index contributed by atoms with van der Waals surface area (Å²) in [6.07, 6.45) is 1.22. The van der Waals surface area contributed by atoms with Crippen molar-refractivity contribution in [2.75, 3.05) is 18.0 Å². The van der Waals surface area contributed by atoms with E-state index in [1.807, 2.05) is 33.1 Å². The summed E-state index contributed by atoms with van der Waals surface area (Å²) in [4.78, 5) is 21.2. The molecule has 2 bridgehead atoms. The van der Waals surface area contributed by atoms with Crippen LogP contribution in [0.5, 0.6) is 0 Å². The normalized spacial score (nSPS) is 32.6. The molecule has 0 spiro atoms. The fraction of sp³-hybridized carbons (Fsp3) is 0.615. The molecule has 0 aromatic carbocycles. The van der Waals surface area contributed by atoms with Crippen LogP contribution in [0.1, 0.15) is 56.1 Å². The highest BCUT2D eigenvalue weighted by molar-refractivity contribution is 5.83. The molecule has 4 aliphatic carbocycles. The molecule has 0 unspecified atom stereocenters. The topological polar surface area (TPSA) is 89.5 Å². The number of aliphatic imine (C=N–C) groups is 1. The fourth-order valence-corrected chi connectivity index (χ4v) is 6.06. The summed E-state index contributed by atoms with van der Waals surface area (Å²) in [6.45, 7) is 6.88. The van der Waals surface area contributed by atoms with Crippen molar-refractivity contribution in [3.8, 4) is 0 Å². The lowest BCUT2D eigenvalue weighted by molar-refractivity contribution is -0.337. The van der Waals surface area contributed by atoms with Crippen LogP contribution < -0.4 is 10.6 Å². The SMILES string of the molecule is Cc1nc2cc(N3C[C@@H](C)O[C@@H](/C(C=NC4CC4)=C/N)C3)nc(C34CC(C(F)(F)F)(C3)C4)c2nc1C. The van der Waals surface area contributed by atoms with Gasteiger partial charge in [-0.3, -0.25) is 4.99 Å². The van der Waals surface area contributed by atoms with Gasteiger partial charge in [0.05, 0.1) is 46.7 Å². The molecule has 2 N–H and O–H groups in total. The van der Waals surface area contributed by atoms with Crippen molar-refractivity contribution in [3.05, 3.63) is 34.9 Å². The maximum absolute atomic E-state index is 13.6. The quantitative estimate of drug-likeness (QED) is 0.616. The Kier molecular flexibility index (Phi) is 5.17. The predicted molar refractivity (Wildman–Crippen MR) is 131 cm³/mol. The molecule has 2 aromatic heterocycles. The van der Waals surface area contributed by atoms with E-state index in [1.54, 1.807) is 6.20 Å². The first kappa shape index (κ1) is 23.6. The van der Waals surface area contributed by atoms with Gasteiger partial charge in [0.15, 0.2) is 0 Å². The molecule has 36 heavy (non-hydrogen) atoms. The number of rotatable bonds is 5. The summed E-state index contributed by atoms with van der Waals surface area (Å²) in [5, 5.41) is 0. The van der Waals surface area contributed by atoms with Gasteiger partial charge in [-0.15, -0.1) is 0 Å². The van der Waals surface area contributed by atoms with Crippen LogP contribution in [-0.4, -0.2) is 58.7 Å². The summed E-state index contributed by atoms with van der Waals surface area (Å²) in [7, 11) is 0. The number of hydrogen-bond donors (Lipinski definition) is 1. The van der Waals surface area contributed by atoms with Gasteiger partial charge in [0.1, 0.15) is 17.4 Å². The Morgan fingerprint density at radius 2 is 1.83 bits per heavy atom. The summed E-state index contributed by atoms with van der Waals surface area (Å²) < 4.78 is 47.1. The number of fused-ring (bicyclic) bond motifs is 1. The molecule has 192 valence electrons. The Labute approximate surface area is 208 Å². The summed E-state index contributed by atoms with van der Waals surface area (Å²) in [5.41, 5.74) is 8.10. The second kappa shape index (κ2) is 7.87. The molecule has 0 radical (unpaired) electrons. The molecule has 0 amide bonds. The van der Waals surface area contributed by atoms with Crippen molar-refractivity contribution in [3.63, 3.8) is 0 Å². The first-order valence-electron chi connectivity index (χ1n) is 12.6. The van der Waals surface area contributed by atoms with Gasteiger partial charge in [-0.25, -0.2) is 15.0 Å². The van der Waals surface area contributed by atoms with Crippen LogP contribution in [0.2, 0.25) is 0 Å². The lowest BCUT2D eigenvalue weighted by atomic mass is 9.34. The third-order valence-corrected chi connectivity index (χ3v) is 8.31. The van der Waals surface area contributed by atoms with Gasteiger partial charge in [-0.1, -0.05) is 0 Å². The molecule has 7 rings (SSSR count). The molecule has 1 aliphatic heterocycles. The first-order valence-corrected chi connectivity index (χ1v) is 12.6. The van der Waals surface area contributed by atoms with Crippen LogP contribution in [0.15, 0.2) is 22.8 Å². The van der Waals surface area contributed by atoms with Crippen molar-refractivity contribution in [2.24, 2.45) is 16.1 Å². The van der Waals surface area contributed by atoms with Crippen LogP contribution in [0.4, 0.5) is 19.0 Å². The van der Waals surface area contributed by atoms with E-state index in [9.17, 15) is 13.2 Å². The Bertz CT molecular complexity index is 1260. The van der Waals surface area contributed by atoms with E-state index in [0.29, 0.717) is 41.7 Å². The van der Waals surface area contributed by atoms with Crippen molar-refractivity contribution in [1.82, 2.24) is 15.0 Å². The number of morpholine rings is 1. The van der Waals surface area contributed by atoms with E-state index >= 15 is 0 Å². The number of ether oxygens (including phenoxy) is 1. The van der Waals surface area contributed by atoms with Crippen molar-refractivity contribution >= 4 is 23.1 Å². The van der Waals surface area contributed by atoms with E-state index in [2.05, 4.69) is 9.89 Å². The van der Waals surface area contributed by atoms with Crippen LogP contribution in [0.3, 0.4) is 0 Å². The zero-order valence-electron chi connectivity index (χ0n) is 20.8. The molecule has 7 nitrogen and oxygen atoms in total. The number of nitrogens with zero attached hydrogens (tertiary/aromatic N) is 5. The van der Waals surface area contributed by atoms with E-state index in [4.69, 9.17) is 25.4 Å². The number of anilines is 1. The minimum atomic E-state index is -4.18. The zero-order chi connectivity index (χ0) is 25.5. The third-order valence-electron chi connectivity index (χ3n) is 8.31. The van der Waals surface area contributed by atoms with Crippen LogP contribution in [0, 0.1) is 19.3 Å². The van der Waals surface area contributed by atoms with Crippen LogP contribution in [0.25, 0.3) is 11.0 Å². The van der Waals surface area contributed by atoms with Gasteiger partial charge in [0, 0.05) is 36.0 Å². The number of halogens is 3. The highest BCUT2D eigenvalue weighted by atomic mass is 19.4. The van der Waals surface area contributed by atoms with E-state index in [1.165, 1.54) is 0 Å². The van der Waals surface area contributed by atoms with Gasteiger partial charge < -0.3 is 15.4 Å². The Balaban J connectivity index is 1.36. The molecule has 5 aliphatic rings. The Hall–Kier alpha value is -2.75. The molecule has 1 saturated heterocycles. The molecule has 10 heteroatoms. The van der Waals surface area contributed by atoms with Crippen molar-refractivity contribution in [2.45, 2.75) is 82.7 Å². The third kappa shape index (κ3) is 3.67. The zero-order valence-corrected chi connectivity index (χ0v) is 20.8. The Morgan fingerprint density at radius 3 is 2.47 bits per heavy atom. The maximum atomic E-state index is 13.6. The molecule has 2 atom stereocenters. The number of alkyl halides is 3. The van der Waals surface area contributed by atoms with Crippen LogP contribution >= 0.6 is 0 Å². The average molecular weight is 501 g/mol. The fourth-order valence-electron chi connectivity index (χ4n) is 6.06. The van der Waals surface area contributed by atoms with Crippen molar-refractivity contribution < 1.29 is 17.9 Å². The predicted octanol–water partition coefficient (Wildman–Crippen LogP) is 4.30. The second-order valence-electron chi connectivity index (χ2n) is 11.2. The molecule has 3 heterocycles. The lowest BCUT2D eigenvalue weighted by Gasteiger charge is -2.70. The van der Waals surface area contributed by atoms with Gasteiger partial charge in [0.25, 0.3) is 0 Å². The standard InChI is InChI=1S/C26H31F3N6O/c1-14-9-35(10-20(36-14)17(7-30)8-31-18-4-5-18)21-6-19-22(33-16(3)15(2)32-19)23(34-21)24-11-25(12-24,13-24)26(27,28)29/h6-8,14,18,20H,4-5,9-13,30H2,1-3H3/b17-7+,31-8?/t14-,20-,24?,25?/m1/s1. The maximum Gasteiger partial charge on any atom is 0.394 e. The number of nitrogens with two attached hydrogens (primary N) is 1. The summed E-state index contributed by atoms with van der Waals surface area (Å²) in [6, 6.07) is 2.28. The van der Waals surface area contributed by atoms with E-state index in [0.717, 1.165) is 29.8 Å². The van der Waals surface area contributed by atoms with Gasteiger partial charge >= 0.3 is 6.18 Å². The second-order valence-corrected chi connectivity index (χ2v) is 11.2. The minimum Gasteiger partial charge on any atom is -0.404 e. The summed E-state index contributed by atoms with van der Waals surface area (Å²) in [5.74, 6) is 0.691. The molecular weight excluding hydrogens is 469 g/mol. The number of aryl methyl sites for hydroxylation is 2. The molecule has 2 aromatic rings. The van der Waals surface area contributed by atoms with Gasteiger partial charge in [0.2, 0.25) is 0 Å². The smallest absolute Gasteiger partial charge is 0.394 e. The number of aromatic nitrogens is 3. The van der Waals surface area contributed by atoms with Crippen LogP contribution in [-0.2, 0) is 10.2 Å².